The Morgan fingerprint density at radius 3 is 2.17 bits per heavy atom. The number of anilines is 1. The van der Waals surface area contributed by atoms with Crippen LogP contribution in [-0.2, 0) is 38.6 Å². The molecule has 0 radical (unpaired) electrons. The molecule has 1 aliphatic heterocycles. The number of alkyl carbamates (subject to hydrolysis) is 1. The first-order valence-corrected chi connectivity index (χ1v) is 18.8. The number of aromatic nitrogens is 2. The predicted molar refractivity (Wildman–Crippen MR) is 189 cm³/mol. The Labute approximate surface area is 316 Å². The summed E-state index contributed by atoms with van der Waals surface area (Å²) in [5.41, 5.74) is -4.02. The van der Waals surface area contributed by atoms with Gasteiger partial charge in [-0.05, 0) is 45.4 Å². The number of hydrogen-bond donors (Lipinski definition) is 4. The van der Waals surface area contributed by atoms with E-state index in [2.05, 4.69) is 42.0 Å². The Hall–Kier alpha value is -4.23. The fourth-order valence-corrected chi connectivity index (χ4v) is 7.25. The molecular weight excluding hydrogens is 761 g/mol. The highest BCUT2D eigenvalue weighted by atomic mass is 35.5. The molecule has 1 aromatic heterocycles. The Morgan fingerprint density at radius 2 is 1.64 bits per heavy atom. The zero-order valence-electron chi connectivity index (χ0n) is 30.2. The Morgan fingerprint density at radius 1 is 1.02 bits per heavy atom. The van der Waals surface area contributed by atoms with Crippen LogP contribution in [0.25, 0.3) is 0 Å². The Bertz CT molecular complexity index is 1810. The smallest absolute Gasteiger partial charge is 0.413 e. The van der Waals surface area contributed by atoms with Crippen molar-refractivity contribution in [2.75, 3.05) is 19.0 Å². The summed E-state index contributed by atoms with van der Waals surface area (Å²) in [4.78, 5) is 88.8. The highest BCUT2D eigenvalue weighted by Crippen LogP contribution is 2.45. The predicted octanol–water partition coefficient (Wildman–Crippen LogP) is 2.70. The first-order chi connectivity index (χ1) is 24.4. The summed E-state index contributed by atoms with van der Waals surface area (Å²) in [6.45, 7) is 13.3. The lowest BCUT2D eigenvalue weighted by atomic mass is 9.85. The summed E-state index contributed by atoms with van der Waals surface area (Å²) < 4.78 is 42.9. The SMILES string of the molecule is C=CC1CC1(NC(=O)C1CC(OC(=O)Nc2nc(Cl)c(Cl)nc2C(=O)OC)CN1C(=O)C(NC(=O)OC(C)(C)C)C(C)(C)C)C(=O)NS(=O)(=O)C1CC1. The Balaban J connectivity index is 1.62. The second-order valence-electron chi connectivity index (χ2n) is 15.0. The van der Waals surface area contributed by atoms with Crippen LogP contribution in [0.1, 0.15) is 77.7 Å². The number of methoxy groups -OCH3 is 1. The molecule has 5 atom stereocenters. The highest BCUT2D eigenvalue weighted by Gasteiger charge is 2.62. The summed E-state index contributed by atoms with van der Waals surface area (Å²) in [6, 6.07) is -2.66. The summed E-state index contributed by atoms with van der Waals surface area (Å²) in [5, 5.41) is 6.04. The molecule has 53 heavy (non-hydrogen) atoms. The number of esters is 1. The minimum absolute atomic E-state index is 0.0370. The molecular formula is C32H43Cl2N7O11S. The average molecular weight is 805 g/mol. The number of carbonyl (C=O) groups is 6. The van der Waals surface area contributed by atoms with E-state index in [-0.39, 0.29) is 29.7 Å². The summed E-state index contributed by atoms with van der Waals surface area (Å²) in [6.07, 6.45) is -1.33. The van der Waals surface area contributed by atoms with Crippen molar-refractivity contribution >= 4 is 74.9 Å². The maximum absolute atomic E-state index is 14.3. The maximum atomic E-state index is 14.3. The normalized spacial score (nSPS) is 23.2. The lowest BCUT2D eigenvalue weighted by Gasteiger charge is -2.36. The number of sulfonamides is 1. The fourth-order valence-electron chi connectivity index (χ4n) is 5.63. The largest absolute Gasteiger partial charge is 0.464 e. The van der Waals surface area contributed by atoms with E-state index in [4.69, 9.17) is 32.7 Å². The highest BCUT2D eigenvalue weighted by molar-refractivity contribution is 7.91. The molecule has 2 heterocycles. The standard InChI is InChI=1S/C32H43Cl2N7O11S/c1-9-15-13-32(15,27(45)40-53(48,49)17-10-11-17)39-24(42)18-12-16(51-28(46)38-23-19(26(44)50-8)35-21(33)22(34)37-23)14-41(18)25(43)20(30(2,3)4)36-29(47)52-31(5,6)7/h9,15-18,20H,1,10-14H2,2-8H3,(H,36,47)(H,39,42)(H,40,45)(H,37,38,46). The molecule has 3 aliphatic rings. The van der Waals surface area contributed by atoms with Gasteiger partial charge in [-0.15, -0.1) is 6.58 Å². The van der Waals surface area contributed by atoms with E-state index < -0.39 is 103 Å². The Kier molecular flexibility index (Phi) is 12.0. The van der Waals surface area contributed by atoms with E-state index in [1.165, 1.54) is 6.08 Å². The van der Waals surface area contributed by atoms with Crippen molar-refractivity contribution in [3.63, 3.8) is 0 Å². The number of carbonyl (C=O) groups excluding carboxylic acids is 6. The van der Waals surface area contributed by atoms with Crippen LogP contribution < -0.4 is 20.7 Å². The van der Waals surface area contributed by atoms with Gasteiger partial charge in [0.25, 0.3) is 5.91 Å². The maximum Gasteiger partial charge on any atom is 0.413 e. The van der Waals surface area contributed by atoms with Gasteiger partial charge >= 0.3 is 18.2 Å². The molecule has 0 bridgehead atoms. The van der Waals surface area contributed by atoms with Gasteiger partial charge in [0.1, 0.15) is 29.3 Å². The van der Waals surface area contributed by atoms with Gasteiger partial charge in [-0.25, -0.2) is 32.8 Å². The molecule has 21 heteroatoms. The van der Waals surface area contributed by atoms with E-state index in [9.17, 15) is 37.2 Å². The van der Waals surface area contributed by atoms with E-state index >= 15 is 0 Å². The van der Waals surface area contributed by atoms with E-state index in [0.29, 0.717) is 12.8 Å². The summed E-state index contributed by atoms with van der Waals surface area (Å²) >= 11 is 11.8. The van der Waals surface area contributed by atoms with Gasteiger partial charge in [-0.3, -0.25) is 24.4 Å². The first kappa shape index (κ1) is 41.5. The zero-order chi connectivity index (χ0) is 39.8. The quantitative estimate of drug-likeness (QED) is 0.143. The molecule has 1 aromatic rings. The molecule has 0 spiro atoms. The van der Waals surface area contributed by atoms with E-state index in [0.717, 1.165) is 12.0 Å². The number of likely N-dealkylation sites (tertiary alicyclic amines) is 1. The van der Waals surface area contributed by atoms with Crippen LogP contribution in [0.3, 0.4) is 0 Å². The molecule has 0 aromatic carbocycles. The van der Waals surface area contributed by atoms with E-state index in [1.807, 2.05) is 0 Å². The van der Waals surface area contributed by atoms with Gasteiger partial charge in [-0.1, -0.05) is 50.0 Å². The van der Waals surface area contributed by atoms with Crippen molar-refractivity contribution < 1.29 is 51.4 Å². The minimum Gasteiger partial charge on any atom is -0.464 e. The molecule has 1 saturated heterocycles. The second-order valence-corrected chi connectivity index (χ2v) is 17.7. The van der Waals surface area contributed by atoms with Gasteiger partial charge in [0.15, 0.2) is 21.8 Å². The molecule has 4 rings (SSSR count). The molecule has 5 unspecified atom stereocenters. The number of halogens is 2. The third-order valence-corrected chi connectivity index (χ3v) is 11.0. The molecule has 5 amide bonds. The monoisotopic (exact) mass is 803 g/mol. The van der Waals surface area contributed by atoms with Crippen LogP contribution in [0.15, 0.2) is 12.7 Å². The zero-order valence-corrected chi connectivity index (χ0v) is 32.5. The van der Waals surface area contributed by atoms with Crippen molar-refractivity contribution in [3.8, 4) is 0 Å². The number of amides is 5. The number of rotatable bonds is 11. The molecule has 2 saturated carbocycles. The van der Waals surface area contributed by atoms with Crippen molar-refractivity contribution in [1.82, 2.24) is 30.2 Å². The van der Waals surface area contributed by atoms with Crippen LogP contribution in [-0.4, -0.2) is 107 Å². The van der Waals surface area contributed by atoms with Crippen LogP contribution in [0, 0.1) is 11.3 Å². The molecule has 2 aliphatic carbocycles. The van der Waals surface area contributed by atoms with Crippen molar-refractivity contribution in [1.29, 1.82) is 0 Å². The lowest BCUT2D eigenvalue weighted by Crippen LogP contribution is -2.60. The number of hydrogen-bond acceptors (Lipinski definition) is 13. The number of nitrogens with zero attached hydrogens (tertiary/aromatic N) is 3. The number of ether oxygens (including phenoxy) is 3. The summed E-state index contributed by atoms with van der Waals surface area (Å²) in [7, 11) is -2.92. The molecule has 4 N–H and O–H groups in total. The molecule has 18 nitrogen and oxygen atoms in total. The van der Waals surface area contributed by atoms with Crippen LogP contribution >= 0.6 is 23.2 Å². The molecule has 3 fully saturated rings. The van der Waals surface area contributed by atoms with Gasteiger partial charge in [-0.2, -0.15) is 0 Å². The number of nitrogens with one attached hydrogen (secondary N) is 4. The average Bonchev–Trinajstić information content (AvgIpc) is 3.96. The van der Waals surface area contributed by atoms with Gasteiger partial charge in [0.2, 0.25) is 21.8 Å². The van der Waals surface area contributed by atoms with Gasteiger partial charge in [0, 0.05) is 12.3 Å². The first-order valence-electron chi connectivity index (χ1n) is 16.5. The van der Waals surface area contributed by atoms with Gasteiger partial charge < -0.3 is 29.7 Å². The van der Waals surface area contributed by atoms with E-state index in [1.54, 1.807) is 41.5 Å². The molecule has 292 valence electrons. The van der Waals surface area contributed by atoms with Crippen LogP contribution in [0.5, 0.6) is 0 Å². The van der Waals surface area contributed by atoms with Gasteiger partial charge in [0.05, 0.1) is 18.9 Å². The fraction of sp³-hybridized carbons (Fsp3) is 0.625. The lowest BCUT2D eigenvalue weighted by molar-refractivity contribution is -0.143. The van der Waals surface area contributed by atoms with Crippen molar-refractivity contribution in [2.24, 2.45) is 11.3 Å². The minimum atomic E-state index is -3.98. The van der Waals surface area contributed by atoms with Crippen LogP contribution in [0.4, 0.5) is 15.4 Å². The third-order valence-electron chi connectivity index (χ3n) is 8.56. The third kappa shape index (κ3) is 9.85. The van der Waals surface area contributed by atoms with Crippen molar-refractivity contribution in [2.45, 2.75) is 102 Å². The topological polar surface area (TPSA) is 241 Å². The van der Waals surface area contributed by atoms with Crippen molar-refractivity contribution in [3.05, 3.63) is 28.7 Å². The van der Waals surface area contributed by atoms with Crippen LogP contribution in [0.2, 0.25) is 10.3 Å². The summed E-state index contributed by atoms with van der Waals surface area (Å²) in [5.74, 6) is -4.65. The second kappa shape index (κ2) is 15.3.